The van der Waals surface area contributed by atoms with Crippen LogP contribution in [-0.4, -0.2) is 132 Å². The van der Waals surface area contributed by atoms with Gasteiger partial charge in [0.05, 0.1) is 30.9 Å². The minimum Gasteiger partial charge on any atom is -0.508 e. The molecule has 0 spiro atoms. The van der Waals surface area contributed by atoms with Crippen LogP contribution in [0.25, 0.3) is 33.3 Å². The molecule has 15 nitrogen and oxygen atoms in total. The number of carbonyl (C=O) groups excluding carboxylic acids is 5. The summed E-state index contributed by atoms with van der Waals surface area (Å²) in [5.41, 5.74) is 11.0. The molecule has 15 heteroatoms. The quantitative estimate of drug-likeness (QED) is 0.0731. The molecule has 2 aliphatic heterocycles. The zero-order valence-electron chi connectivity index (χ0n) is 43.3. The maximum Gasteiger partial charge on any atom is 0.324 e. The van der Waals surface area contributed by atoms with Crippen molar-refractivity contribution in [3.8, 4) is 28.1 Å². The Hall–Kier alpha value is -6.68. The second kappa shape index (κ2) is 23.2. The van der Waals surface area contributed by atoms with Gasteiger partial charge in [0.1, 0.15) is 23.9 Å². The fourth-order valence-corrected chi connectivity index (χ4v) is 10.00. The number of pyridine rings is 1. The third-order valence-corrected chi connectivity index (χ3v) is 13.5. The molecule has 382 valence electrons. The average molecular weight is 982 g/mol. The molecule has 1 fully saturated rings. The van der Waals surface area contributed by atoms with E-state index in [0.717, 1.165) is 50.8 Å². The zero-order valence-corrected chi connectivity index (χ0v) is 43.3. The molecular weight excluding hydrogens is 911 g/mol. The Morgan fingerprint density at radius 3 is 2.51 bits per heavy atom. The van der Waals surface area contributed by atoms with Crippen LogP contribution in [0, 0.1) is 11.3 Å². The van der Waals surface area contributed by atoms with Gasteiger partial charge in [-0.1, -0.05) is 70.2 Å². The number of ether oxygens (including phenoxy) is 2. The summed E-state index contributed by atoms with van der Waals surface area (Å²) in [6.07, 6.45) is 7.01. The van der Waals surface area contributed by atoms with Crippen LogP contribution in [0.4, 0.5) is 0 Å². The van der Waals surface area contributed by atoms with Gasteiger partial charge >= 0.3 is 5.97 Å². The number of aryl methyl sites for hydroxylation is 1. The highest BCUT2D eigenvalue weighted by molar-refractivity contribution is 5.99. The number of fused-ring (bicyclic) bond motifs is 6. The lowest BCUT2D eigenvalue weighted by molar-refractivity contribution is -0.155. The molecule has 0 radical (unpaired) electrons. The van der Waals surface area contributed by atoms with Gasteiger partial charge < -0.3 is 34.3 Å². The summed E-state index contributed by atoms with van der Waals surface area (Å²) in [5, 5.41) is 16.8. The number of aromatic nitrogens is 2. The molecule has 6 bridgehead atoms. The Morgan fingerprint density at radius 1 is 1.03 bits per heavy atom. The molecule has 3 atom stereocenters. The number of phenols is 1. The zero-order chi connectivity index (χ0) is 51.9. The van der Waals surface area contributed by atoms with E-state index < -0.39 is 53.1 Å². The van der Waals surface area contributed by atoms with E-state index >= 15 is 0 Å². The number of rotatable bonds is 15. The monoisotopic (exact) mass is 982 g/mol. The van der Waals surface area contributed by atoms with E-state index in [1.165, 1.54) is 29.2 Å². The molecule has 2 aromatic heterocycles. The fraction of sp³-hybridized carbons (Fsp3) is 0.439. The number of likely N-dealkylation sites (N-methyl/N-ethyl adjacent to an activating group) is 2. The summed E-state index contributed by atoms with van der Waals surface area (Å²) in [4.78, 5) is 77.6. The predicted molar refractivity (Wildman–Crippen MR) is 279 cm³/mol. The maximum absolute atomic E-state index is 14.8. The van der Waals surface area contributed by atoms with Crippen molar-refractivity contribution in [2.45, 2.75) is 97.8 Å². The number of esters is 1. The third-order valence-electron chi connectivity index (χ3n) is 13.5. The van der Waals surface area contributed by atoms with Crippen LogP contribution in [0.1, 0.15) is 80.2 Å². The van der Waals surface area contributed by atoms with E-state index in [2.05, 4.69) is 71.4 Å². The van der Waals surface area contributed by atoms with Crippen molar-refractivity contribution in [2.24, 2.45) is 11.3 Å². The molecule has 2 aliphatic rings. The standard InChI is InChI=1S/C57H71N7O8/c1-10-63-50-22-20-39-31-46(50)47(52(63)45-17-12-11-15-38(45)23-26-71-9)33-57(4,5)35-72-56(70)48-18-14-25-64(60-48)55(69)49(29-37-27-41(39)30-44(66)28-37)59-53(67)51(36(2)3)62(8)54(68)40-19-21-42(58-34-40)32-43(65)16-13-24-61(6)7/h11-13,15-17,19-22,27-28,30-31,34,36,48-49,51,60,66H,10,14,18,23-26,29,32-33,35H2,1-9H3,(H,59,67)/b16-13+/t48-,49-,51-/m0/s1. The van der Waals surface area contributed by atoms with Crippen LogP contribution in [0.5, 0.6) is 5.75 Å². The first kappa shape index (κ1) is 53.1. The van der Waals surface area contributed by atoms with E-state index in [4.69, 9.17) is 9.47 Å². The van der Waals surface area contributed by atoms with E-state index in [1.54, 1.807) is 37.5 Å². The van der Waals surface area contributed by atoms with Crippen LogP contribution >= 0.6 is 0 Å². The minimum absolute atomic E-state index is 0.0103. The molecule has 0 aliphatic carbocycles. The fourth-order valence-electron chi connectivity index (χ4n) is 10.00. The van der Waals surface area contributed by atoms with Gasteiger partial charge in [0.25, 0.3) is 11.8 Å². The number of nitrogens with one attached hydrogen (secondary N) is 2. The van der Waals surface area contributed by atoms with Crippen molar-refractivity contribution in [3.63, 3.8) is 0 Å². The number of benzene rings is 3. The first-order valence-electron chi connectivity index (χ1n) is 25.0. The summed E-state index contributed by atoms with van der Waals surface area (Å²) in [5.74, 6) is -2.51. The van der Waals surface area contributed by atoms with Gasteiger partial charge in [-0.2, -0.15) is 0 Å². The molecule has 72 heavy (non-hydrogen) atoms. The van der Waals surface area contributed by atoms with Crippen LogP contribution in [-0.2, 0) is 60.9 Å². The average Bonchev–Trinajstić information content (AvgIpc) is 3.65. The van der Waals surface area contributed by atoms with Crippen molar-refractivity contribution < 1.29 is 38.6 Å². The summed E-state index contributed by atoms with van der Waals surface area (Å²) in [6.45, 7) is 12.2. The van der Waals surface area contributed by atoms with Crippen molar-refractivity contribution in [2.75, 3.05) is 54.6 Å². The SMILES string of the molecule is CCn1c(-c2ccccc2CCOC)c2c3cc(ccc31)-c1cc(O)cc(c1)C[C@H](NC(=O)[C@H](C(C)C)N(C)C(=O)c1ccc(CC(=O)/C=C/CN(C)C)nc1)C(=O)N1CCC[C@H](N1)C(=O)OCC(C)(C)C2. The molecule has 3 amide bonds. The first-order chi connectivity index (χ1) is 34.4. The second-order valence-electron chi connectivity index (χ2n) is 20.6. The molecule has 3 aromatic carbocycles. The number of hydrogen-bond donors (Lipinski definition) is 3. The highest BCUT2D eigenvalue weighted by atomic mass is 16.5. The number of phenolic OH excluding ortho intramolecular Hbond substituents is 1. The van der Waals surface area contributed by atoms with Gasteiger partial charge in [-0.3, -0.25) is 34.0 Å². The Morgan fingerprint density at radius 2 is 1.81 bits per heavy atom. The Bertz CT molecular complexity index is 2810. The number of carbonyl (C=O) groups is 5. The Kier molecular flexibility index (Phi) is 17.2. The molecule has 4 heterocycles. The van der Waals surface area contributed by atoms with Gasteiger partial charge in [-0.25, -0.2) is 5.43 Å². The number of hydrogen-bond acceptors (Lipinski definition) is 11. The lowest BCUT2D eigenvalue weighted by Gasteiger charge is -2.36. The number of methoxy groups -OCH3 is 1. The van der Waals surface area contributed by atoms with Crippen molar-refractivity contribution in [3.05, 3.63) is 119 Å². The van der Waals surface area contributed by atoms with Gasteiger partial charge in [-0.15, -0.1) is 0 Å². The number of amides is 3. The number of cyclic esters (lactones) is 1. The Balaban J connectivity index is 1.25. The summed E-state index contributed by atoms with van der Waals surface area (Å²) < 4.78 is 14.0. The summed E-state index contributed by atoms with van der Waals surface area (Å²) in [7, 11) is 7.07. The molecule has 3 N–H and O–H groups in total. The molecule has 1 saturated heterocycles. The van der Waals surface area contributed by atoms with Crippen molar-refractivity contribution >= 4 is 40.4 Å². The smallest absolute Gasteiger partial charge is 0.324 e. The summed E-state index contributed by atoms with van der Waals surface area (Å²) >= 11 is 0. The van der Waals surface area contributed by atoms with E-state index in [-0.39, 0.29) is 43.1 Å². The number of aromatic hydroxyl groups is 1. The normalized spacial score (nSPS) is 17.8. The van der Waals surface area contributed by atoms with Crippen molar-refractivity contribution in [1.82, 2.24) is 35.1 Å². The molecular formula is C57H71N7O8. The molecule has 0 saturated carbocycles. The number of allylic oxidation sites excluding steroid dienone is 1. The number of nitrogens with zero attached hydrogens (tertiary/aromatic N) is 5. The highest BCUT2D eigenvalue weighted by Gasteiger charge is 2.38. The van der Waals surface area contributed by atoms with E-state index in [9.17, 15) is 29.1 Å². The van der Waals surface area contributed by atoms with E-state index in [1.807, 2.05) is 51.0 Å². The predicted octanol–water partition coefficient (Wildman–Crippen LogP) is 6.96. The number of ketones is 1. The minimum atomic E-state index is -1.18. The number of hydrazine groups is 1. The van der Waals surface area contributed by atoms with Gasteiger partial charge in [0, 0.05) is 74.0 Å². The largest absolute Gasteiger partial charge is 0.508 e. The third kappa shape index (κ3) is 12.5. The van der Waals surface area contributed by atoms with Crippen LogP contribution in [0.2, 0.25) is 0 Å². The van der Waals surface area contributed by atoms with Gasteiger partial charge in [0.2, 0.25) is 5.91 Å². The van der Waals surface area contributed by atoms with Crippen molar-refractivity contribution in [1.29, 1.82) is 0 Å². The summed E-state index contributed by atoms with van der Waals surface area (Å²) in [6, 6.07) is 20.1. The van der Waals surface area contributed by atoms with Crippen LogP contribution in [0.15, 0.2) is 91.1 Å². The lowest BCUT2D eigenvalue weighted by atomic mass is 9.83. The lowest BCUT2D eigenvalue weighted by Crippen LogP contribution is -2.62. The van der Waals surface area contributed by atoms with Crippen LogP contribution in [0.3, 0.4) is 0 Å². The topological polar surface area (TPSA) is 176 Å². The second-order valence-corrected chi connectivity index (χ2v) is 20.6. The maximum atomic E-state index is 14.8. The first-order valence-corrected chi connectivity index (χ1v) is 25.0. The van der Waals surface area contributed by atoms with E-state index in [0.29, 0.717) is 50.2 Å². The highest BCUT2D eigenvalue weighted by Crippen LogP contribution is 2.41. The molecule has 7 rings (SSSR count). The Labute approximate surface area is 423 Å². The van der Waals surface area contributed by atoms with Crippen LogP contribution < -0.4 is 10.7 Å². The molecule has 0 unspecified atom stereocenters. The van der Waals surface area contributed by atoms with Gasteiger partial charge in [-0.05, 0) is 123 Å². The molecule has 5 aromatic rings. The van der Waals surface area contributed by atoms with Gasteiger partial charge in [0.15, 0.2) is 5.78 Å².